The van der Waals surface area contributed by atoms with Gasteiger partial charge in [-0.05, 0) is 122 Å². The van der Waals surface area contributed by atoms with E-state index in [2.05, 4.69) is 35.9 Å². The molecular formula is C60H82N17O12. The van der Waals surface area contributed by atoms with Crippen LogP contribution in [-0.2, 0) is 44.9 Å². The van der Waals surface area contributed by atoms with E-state index in [1.807, 2.05) is 0 Å². The first-order valence-electron chi connectivity index (χ1n) is 28.3. The van der Waals surface area contributed by atoms with Gasteiger partial charge in [-0.1, -0.05) is 24.3 Å². The number of Topliss-reactive ketones (excluding diaryl/α,β-unsaturated/α-hetero) is 4. The number of amides is 4. The summed E-state index contributed by atoms with van der Waals surface area (Å²) in [6.45, 7) is 0.665. The number of nitrogens with zero attached hydrogens (tertiary/aromatic N) is 4. The number of carbonyl (C=O) groups excluding carboxylic acids is 8. The first-order chi connectivity index (χ1) is 42.4. The van der Waals surface area contributed by atoms with Crippen molar-refractivity contribution in [3.05, 3.63) is 117 Å². The topological polar surface area (TPSA) is 517 Å². The predicted octanol–water partition coefficient (Wildman–Crippen LogP) is -0.472. The van der Waals surface area contributed by atoms with Gasteiger partial charge in [0, 0.05) is 51.9 Å². The lowest BCUT2D eigenvalue weighted by Gasteiger charge is -2.21. The Morgan fingerprint density at radius 1 is 0.393 bits per heavy atom. The van der Waals surface area contributed by atoms with Crippen molar-refractivity contribution in [2.75, 3.05) is 54.6 Å². The Labute approximate surface area is 515 Å². The molecule has 0 aromatic heterocycles. The summed E-state index contributed by atoms with van der Waals surface area (Å²) in [7, 11) is 5.39. The van der Waals surface area contributed by atoms with E-state index in [1.165, 1.54) is 77.0 Å². The Hall–Kier alpha value is -10.3. The van der Waals surface area contributed by atoms with E-state index in [4.69, 9.17) is 76.3 Å². The molecule has 0 saturated carbocycles. The lowest BCUT2D eigenvalue weighted by molar-refractivity contribution is -0.121. The molecule has 4 atom stereocenters. The van der Waals surface area contributed by atoms with Crippen LogP contribution in [0.2, 0.25) is 0 Å². The molecule has 4 rings (SSSR count). The van der Waals surface area contributed by atoms with E-state index in [1.54, 1.807) is 24.3 Å². The third-order valence-corrected chi connectivity index (χ3v) is 13.8. The summed E-state index contributed by atoms with van der Waals surface area (Å²) in [6.07, 6.45) is 0.808. The lowest BCUT2D eigenvalue weighted by atomic mass is 9.96. The number of nitrogens with one attached hydrogen (secondary N) is 4. The Morgan fingerprint density at radius 2 is 0.640 bits per heavy atom. The molecule has 29 nitrogen and oxygen atoms in total. The number of methoxy groups -OCH3 is 4. The normalized spacial score (nSPS) is 12.1. The van der Waals surface area contributed by atoms with E-state index < -0.39 is 65.1 Å². The minimum Gasteiger partial charge on any atom is -0.496 e. The number of hydrogen-bond donors (Lipinski definition) is 12. The second kappa shape index (κ2) is 36.0. The standard InChI is InChI=1S/C60H82N17O12/c1-86-49-17-13-33(25-37(49)53(62)82)30-46(79)42(10-6-22-72-58(65)66)75-55(84)39-27-35(15-19-51(39)88-3)32-48(81)44(12-8-24-74-60(69)70)77-56(85)40-28-36(16-20-52(40)89-4)31-47(80)43(11-7-23-73-59(67)68)76-54(83)38-26-34(14-18-50(38)87-2)29-45(78)41(61)9-5-21-71-57(63)64/h13-20,25-28,41-44,62H,5-12,21-24,29-32,61H2,1-4H3,(H,75,84)(H,76,83)(H,77,85)(H4,63,64,71)(H4,65,66,72)(H4,67,68,73)(H4,69,70,74)/t41-,42+,43+,44+/m1/s1. The van der Waals surface area contributed by atoms with Crippen LogP contribution >= 0.6 is 0 Å². The van der Waals surface area contributed by atoms with Gasteiger partial charge in [0.25, 0.3) is 23.6 Å². The molecule has 0 aliphatic rings. The van der Waals surface area contributed by atoms with Crippen LogP contribution in [0.15, 0.2) is 92.8 Å². The zero-order valence-electron chi connectivity index (χ0n) is 50.4. The monoisotopic (exact) mass is 1230 g/mol. The highest BCUT2D eigenvalue weighted by Gasteiger charge is 2.29. The van der Waals surface area contributed by atoms with Gasteiger partial charge in [-0.15, -0.1) is 0 Å². The van der Waals surface area contributed by atoms with Crippen molar-refractivity contribution >= 4 is 70.6 Å². The molecule has 0 unspecified atom stereocenters. The second-order valence-corrected chi connectivity index (χ2v) is 20.5. The molecule has 4 aromatic rings. The summed E-state index contributed by atoms with van der Waals surface area (Å²) in [5, 5.41) is 8.40. The number of ether oxygens (including phenoxy) is 4. The molecule has 0 aliphatic carbocycles. The number of hydrogen-bond acceptors (Lipinski definition) is 17. The fourth-order valence-electron chi connectivity index (χ4n) is 9.32. The van der Waals surface area contributed by atoms with Gasteiger partial charge in [0.15, 0.2) is 47.0 Å². The van der Waals surface area contributed by atoms with E-state index >= 15 is 0 Å². The van der Waals surface area contributed by atoms with Crippen molar-refractivity contribution < 1.29 is 57.3 Å². The maximum Gasteiger partial charge on any atom is 0.273 e. The average Bonchev–Trinajstić information content (AvgIpc) is 2.33. The first-order valence-corrected chi connectivity index (χ1v) is 28.3. The van der Waals surface area contributed by atoms with Crippen LogP contribution in [0.1, 0.15) is 115 Å². The fraction of sp³-hybridized carbons (Fsp3) is 0.400. The predicted molar refractivity (Wildman–Crippen MR) is 336 cm³/mol. The molecule has 89 heavy (non-hydrogen) atoms. The highest BCUT2D eigenvalue weighted by molar-refractivity contribution is 6.04. The Kier molecular flexibility index (Phi) is 28.8. The fourth-order valence-corrected chi connectivity index (χ4v) is 9.32. The molecule has 0 heterocycles. The lowest BCUT2D eigenvalue weighted by Crippen LogP contribution is -2.42. The summed E-state index contributed by atoms with van der Waals surface area (Å²) in [5.41, 5.74) is 59.4. The molecule has 0 fully saturated rings. The number of aliphatic imine (C=N–C) groups is 4. The van der Waals surface area contributed by atoms with Crippen LogP contribution in [0.5, 0.6) is 23.0 Å². The summed E-state index contributed by atoms with van der Waals surface area (Å²) < 4.78 is 21.8. The highest BCUT2D eigenvalue weighted by Crippen LogP contribution is 2.26. The Bertz CT molecular complexity index is 3280. The van der Waals surface area contributed by atoms with Gasteiger partial charge < -0.3 is 86.5 Å². The maximum atomic E-state index is 14.4. The molecule has 0 aliphatic heterocycles. The van der Waals surface area contributed by atoms with Gasteiger partial charge in [0.2, 0.25) is 0 Å². The number of nitrogens with two attached hydrogens (primary N) is 9. The van der Waals surface area contributed by atoms with Crippen molar-refractivity contribution in [1.29, 1.82) is 0 Å². The zero-order chi connectivity index (χ0) is 65.7. The molecule has 22 N–H and O–H groups in total. The SMILES string of the molecule is COc1ccc(CC(=O)[C@H](CCCN=C(N)N)NC(=O)c2cc(CC(=O)[C@H](CCCN=C(N)N)NC(=O)c3cc(CC(=O)[C@H](CCCN=C(N)N)NC(=O)c4cc(CC(=O)[C@H](N)CCCN=C(N)N)ccc4OC)ccc3OC)ccc2OC)cc1C([NH])=O. The third kappa shape index (κ3) is 23.5. The van der Waals surface area contributed by atoms with E-state index in [0.29, 0.717) is 41.6 Å². The molecule has 0 bridgehead atoms. The molecule has 1 radical (unpaired) electrons. The zero-order valence-corrected chi connectivity index (χ0v) is 50.4. The largest absolute Gasteiger partial charge is 0.496 e. The number of benzene rings is 4. The van der Waals surface area contributed by atoms with E-state index in [-0.39, 0.29) is 159 Å². The number of ketones is 4. The van der Waals surface area contributed by atoms with Gasteiger partial charge in [0.1, 0.15) is 23.0 Å². The van der Waals surface area contributed by atoms with Crippen LogP contribution < -0.4 is 92.2 Å². The van der Waals surface area contributed by atoms with E-state index in [0.717, 1.165) is 0 Å². The van der Waals surface area contributed by atoms with Gasteiger partial charge in [-0.25, -0.2) is 0 Å². The van der Waals surface area contributed by atoms with Crippen molar-refractivity contribution in [3.63, 3.8) is 0 Å². The van der Waals surface area contributed by atoms with Gasteiger partial charge in [-0.2, -0.15) is 0 Å². The van der Waals surface area contributed by atoms with Crippen molar-refractivity contribution in [1.82, 2.24) is 21.7 Å². The van der Waals surface area contributed by atoms with Gasteiger partial charge >= 0.3 is 0 Å². The average molecular weight is 1230 g/mol. The smallest absolute Gasteiger partial charge is 0.273 e. The van der Waals surface area contributed by atoms with Crippen LogP contribution in [0.3, 0.4) is 0 Å². The van der Waals surface area contributed by atoms with E-state index in [9.17, 15) is 38.4 Å². The quantitative estimate of drug-likeness (QED) is 0.0153. The Balaban J connectivity index is 1.60. The highest BCUT2D eigenvalue weighted by atomic mass is 16.5. The van der Waals surface area contributed by atoms with Crippen LogP contribution in [-0.4, -0.2) is 149 Å². The molecular weight excluding hydrogens is 1150 g/mol. The van der Waals surface area contributed by atoms with Crippen molar-refractivity contribution in [2.45, 2.75) is 101 Å². The van der Waals surface area contributed by atoms with Gasteiger partial charge in [0.05, 0.1) is 74.9 Å². The Morgan fingerprint density at radius 3 is 0.899 bits per heavy atom. The summed E-state index contributed by atoms with van der Waals surface area (Å²) in [5.74, 6) is -4.93. The van der Waals surface area contributed by atoms with Crippen LogP contribution in [0.25, 0.3) is 0 Å². The molecule has 0 spiro atoms. The molecule has 4 aromatic carbocycles. The van der Waals surface area contributed by atoms with Crippen LogP contribution in [0, 0.1) is 0 Å². The van der Waals surface area contributed by atoms with Crippen molar-refractivity contribution in [3.8, 4) is 23.0 Å². The first kappa shape index (κ1) is 71.2. The molecule has 29 heteroatoms. The maximum absolute atomic E-state index is 14.4. The second-order valence-electron chi connectivity index (χ2n) is 20.5. The number of guanidine groups is 4. The van der Waals surface area contributed by atoms with Gasteiger partial charge in [-0.3, -0.25) is 64.1 Å². The molecule has 4 amide bonds. The summed E-state index contributed by atoms with van der Waals surface area (Å²) in [4.78, 5) is 127. The minimum atomic E-state index is -1.18. The molecule has 479 valence electrons. The summed E-state index contributed by atoms with van der Waals surface area (Å²) >= 11 is 0. The molecule has 0 saturated heterocycles. The van der Waals surface area contributed by atoms with Crippen LogP contribution in [0.4, 0.5) is 0 Å². The number of carbonyl (C=O) groups is 8. The minimum absolute atomic E-state index is 0.0286. The summed E-state index contributed by atoms with van der Waals surface area (Å²) in [6, 6.07) is 13.8. The number of rotatable bonds is 39. The third-order valence-electron chi connectivity index (χ3n) is 13.8. The van der Waals surface area contributed by atoms with Crippen molar-refractivity contribution in [2.24, 2.45) is 71.6 Å².